The van der Waals surface area contributed by atoms with Crippen LogP contribution in [0.1, 0.15) is 43.5 Å². The number of aromatic nitrogens is 3. The lowest BCUT2D eigenvalue weighted by Gasteiger charge is -2.41. The first-order chi connectivity index (χ1) is 15.2. The lowest BCUT2D eigenvalue weighted by atomic mass is 9.84. The number of rotatable bonds is 7. The van der Waals surface area contributed by atoms with Crippen LogP contribution in [-0.4, -0.2) is 55.8 Å². The van der Waals surface area contributed by atoms with Crippen molar-refractivity contribution >= 4 is 23.3 Å². The van der Waals surface area contributed by atoms with E-state index in [4.69, 9.17) is 5.73 Å². The summed E-state index contributed by atoms with van der Waals surface area (Å²) in [5.74, 6) is -1.84. The van der Waals surface area contributed by atoms with E-state index in [9.17, 15) is 24.3 Å². The maximum absolute atomic E-state index is 13.4. The Labute approximate surface area is 184 Å². The summed E-state index contributed by atoms with van der Waals surface area (Å²) in [6, 6.07) is 4.84. The van der Waals surface area contributed by atoms with E-state index >= 15 is 0 Å². The van der Waals surface area contributed by atoms with Crippen molar-refractivity contribution in [3.05, 3.63) is 36.0 Å². The van der Waals surface area contributed by atoms with Gasteiger partial charge in [-0.25, -0.2) is 4.98 Å². The van der Waals surface area contributed by atoms with Crippen molar-refractivity contribution in [3.8, 4) is 6.07 Å². The topological polar surface area (TPSA) is 150 Å². The van der Waals surface area contributed by atoms with Crippen LogP contribution in [0.2, 0.25) is 0 Å². The molecule has 0 aliphatic carbocycles. The van der Waals surface area contributed by atoms with E-state index in [-0.39, 0.29) is 29.6 Å². The largest absolute Gasteiger partial charge is 0.383 e. The number of halogens is 1. The van der Waals surface area contributed by atoms with Gasteiger partial charge in [-0.05, 0) is 24.8 Å². The highest BCUT2D eigenvalue weighted by Crippen LogP contribution is 2.35. The normalized spacial score (nSPS) is 16.4. The smallest absolute Gasteiger partial charge is 0.254 e. The van der Waals surface area contributed by atoms with Gasteiger partial charge in [0.05, 0.1) is 18.0 Å². The van der Waals surface area contributed by atoms with Crippen molar-refractivity contribution in [2.45, 2.75) is 44.8 Å². The van der Waals surface area contributed by atoms with Crippen molar-refractivity contribution in [2.24, 2.45) is 11.7 Å². The van der Waals surface area contributed by atoms with Gasteiger partial charge in [-0.15, -0.1) is 0 Å². The third kappa shape index (κ3) is 4.70. The lowest BCUT2D eigenvalue weighted by molar-refractivity contribution is -0.144. The fourth-order valence-corrected chi connectivity index (χ4v) is 3.76. The first kappa shape index (κ1) is 23.1. The number of anilines is 2. The molecule has 11 heteroatoms. The van der Waals surface area contributed by atoms with Gasteiger partial charge < -0.3 is 21.1 Å². The Balaban J connectivity index is 1.88. The molecule has 1 aliphatic rings. The van der Waals surface area contributed by atoms with Crippen molar-refractivity contribution in [1.29, 1.82) is 5.26 Å². The minimum atomic E-state index is -1.08. The van der Waals surface area contributed by atoms with Crippen LogP contribution < -0.4 is 11.1 Å². The molecule has 2 aromatic heterocycles. The van der Waals surface area contributed by atoms with Crippen LogP contribution in [0.25, 0.3) is 0 Å². The van der Waals surface area contributed by atoms with E-state index in [1.165, 1.54) is 23.1 Å². The van der Waals surface area contributed by atoms with Gasteiger partial charge in [0.1, 0.15) is 11.7 Å². The Hall–Kier alpha value is -3.52. The molecule has 1 unspecified atom stereocenters. The quantitative estimate of drug-likeness (QED) is 0.549. The standard InChI is InChI=1S/C21H26FN7O3/c1-13(2)17(30)20(32)28-9-5-21(4-7-23,6-10-28)29-12-15(18(24)31)19(27-29)26-14-3-8-25-16(22)11-14/h3,8,11-13,17,30H,4-6,9-10H2,1-2H3,(H2,24,31)(H,25,26,27). The van der Waals surface area contributed by atoms with Gasteiger partial charge in [0.25, 0.3) is 11.8 Å². The summed E-state index contributed by atoms with van der Waals surface area (Å²) in [6.45, 7) is 4.19. The Bertz CT molecular complexity index is 1040. The molecule has 0 radical (unpaired) electrons. The Morgan fingerprint density at radius 2 is 2.09 bits per heavy atom. The van der Waals surface area contributed by atoms with Crippen molar-refractivity contribution in [3.63, 3.8) is 0 Å². The zero-order chi connectivity index (χ0) is 23.5. The number of carbonyl (C=O) groups excluding carboxylic acids is 2. The minimum absolute atomic E-state index is 0.0910. The summed E-state index contributed by atoms with van der Waals surface area (Å²) in [4.78, 5) is 29.6. The average Bonchev–Trinajstić information content (AvgIpc) is 3.18. The van der Waals surface area contributed by atoms with E-state index in [0.29, 0.717) is 31.6 Å². The number of nitrogens with two attached hydrogens (primary N) is 1. The van der Waals surface area contributed by atoms with Gasteiger partial charge in [-0.1, -0.05) is 13.8 Å². The van der Waals surface area contributed by atoms with Gasteiger partial charge in [0.2, 0.25) is 5.95 Å². The van der Waals surface area contributed by atoms with Gasteiger partial charge in [0.15, 0.2) is 5.82 Å². The maximum Gasteiger partial charge on any atom is 0.254 e. The Kier molecular flexibility index (Phi) is 6.74. The Morgan fingerprint density at radius 1 is 1.41 bits per heavy atom. The first-order valence-electron chi connectivity index (χ1n) is 10.3. The highest BCUT2D eigenvalue weighted by Gasteiger charge is 2.40. The van der Waals surface area contributed by atoms with Crippen LogP contribution in [0.3, 0.4) is 0 Å². The molecular formula is C21H26FN7O3. The Morgan fingerprint density at radius 3 is 2.66 bits per heavy atom. The molecule has 170 valence electrons. The van der Waals surface area contributed by atoms with Crippen LogP contribution >= 0.6 is 0 Å². The van der Waals surface area contributed by atoms with Crippen LogP contribution in [-0.2, 0) is 10.3 Å². The third-order valence-electron chi connectivity index (χ3n) is 5.75. The minimum Gasteiger partial charge on any atom is -0.383 e. The zero-order valence-corrected chi connectivity index (χ0v) is 18.0. The van der Waals surface area contributed by atoms with Gasteiger partial charge in [-0.2, -0.15) is 14.8 Å². The fraction of sp³-hybridized carbons (Fsp3) is 0.476. The third-order valence-corrected chi connectivity index (χ3v) is 5.75. The number of nitrogens with zero attached hydrogens (tertiary/aromatic N) is 5. The number of amides is 2. The van der Waals surface area contributed by atoms with Crippen molar-refractivity contribution in [2.75, 3.05) is 18.4 Å². The summed E-state index contributed by atoms with van der Waals surface area (Å²) in [5.41, 5.74) is 5.18. The molecular weight excluding hydrogens is 417 g/mol. The van der Waals surface area contributed by atoms with Crippen LogP contribution in [0, 0.1) is 23.2 Å². The number of aliphatic hydroxyl groups excluding tert-OH is 1. The number of aliphatic hydroxyl groups is 1. The van der Waals surface area contributed by atoms with Crippen molar-refractivity contribution < 1.29 is 19.1 Å². The summed E-state index contributed by atoms with van der Waals surface area (Å²) in [5, 5.41) is 26.9. The molecule has 0 bridgehead atoms. The predicted molar refractivity (Wildman–Crippen MR) is 113 cm³/mol. The van der Waals surface area contributed by atoms with Crippen LogP contribution in [0.4, 0.5) is 15.9 Å². The molecule has 3 rings (SSSR count). The van der Waals surface area contributed by atoms with Gasteiger partial charge in [-0.3, -0.25) is 14.3 Å². The van der Waals surface area contributed by atoms with E-state index < -0.39 is 23.5 Å². The van der Waals surface area contributed by atoms with Crippen LogP contribution in [0.5, 0.6) is 0 Å². The van der Waals surface area contributed by atoms with E-state index in [0.717, 1.165) is 6.07 Å². The van der Waals surface area contributed by atoms with Crippen molar-refractivity contribution in [1.82, 2.24) is 19.7 Å². The summed E-state index contributed by atoms with van der Waals surface area (Å²) < 4.78 is 15.0. The van der Waals surface area contributed by atoms with E-state index in [2.05, 4.69) is 21.5 Å². The number of hydrogen-bond donors (Lipinski definition) is 3. The number of hydrogen-bond acceptors (Lipinski definition) is 7. The summed E-state index contributed by atoms with van der Waals surface area (Å²) in [7, 11) is 0. The molecule has 1 aliphatic heterocycles. The fourth-order valence-electron chi connectivity index (χ4n) is 3.76. The SMILES string of the molecule is CC(C)C(O)C(=O)N1CCC(CC#N)(n2cc(C(N)=O)c(Nc3ccnc(F)c3)n2)CC1. The highest BCUT2D eigenvalue weighted by atomic mass is 19.1. The molecule has 4 N–H and O–H groups in total. The molecule has 2 amide bonds. The van der Waals surface area contributed by atoms with Gasteiger partial charge >= 0.3 is 0 Å². The molecule has 2 aromatic rings. The highest BCUT2D eigenvalue weighted by molar-refractivity contribution is 5.98. The second-order valence-electron chi connectivity index (χ2n) is 8.27. The zero-order valence-electron chi connectivity index (χ0n) is 18.0. The van der Waals surface area contributed by atoms with Gasteiger partial charge in [0, 0.05) is 37.2 Å². The molecule has 0 saturated carbocycles. The van der Waals surface area contributed by atoms with E-state index in [1.54, 1.807) is 18.7 Å². The van der Waals surface area contributed by atoms with E-state index in [1.807, 2.05) is 0 Å². The molecule has 32 heavy (non-hydrogen) atoms. The molecule has 0 aromatic carbocycles. The summed E-state index contributed by atoms with van der Waals surface area (Å²) in [6.07, 6.45) is 2.57. The average molecular weight is 443 g/mol. The molecule has 1 atom stereocenters. The second kappa shape index (κ2) is 9.32. The number of pyridine rings is 1. The molecule has 1 saturated heterocycles. The second-order valence-corrected chi connectivity index (χ2v) is 8.27. The predicted octanol–water partition coefficient (Wildman–Crippen LogP) is 1.51. The number of nitriles is 1. The number of likely N-dealkylation sites (tertiary alicyclic amines) is 1. The first-order valence-corrected chi connectivity index (χ1v) is 10.3. The molecule has 3 heterocycles. The number of primary amides is 1. The molecule has 1 fully saturated rings. The monoisotopic (exact) mass is 443 g/mol. The van der Waals surface area contributed by atoms with Crippen LogP contribution in [0.15, 0.2) is 24.5 Å². The maximum atomic E-state index is 13.4. The molecule has 10 nitrogen and oxygen atoms in total. The number of nitrogens with one attached hydrogen (secondary N) is 1. The molecule has 0 spiro atoms. The number of piperidine rings is 1. The lowest BCUT2D eigenvalue weighted by Crippen LogP contribution is -2.51. The number of carbonyl (C=O) groups is 2. The summed E-state index contributed by atoms with van der Waals surface area (Å²) >= 11 is 0.